The second-order valence-electron chi connectivity index (χ2n) is 5.68. The van der Waals surface area contributed by atoms with Crippen molar-refractivity contribution < 1.29 is 14.7 Å². The van der Waals surface area contributed by atoms with E-state index in [9.17, 15) is 14.7 Å². The van der Waals surface area contributed by atoms with Crippen LogP contribution in [0.3, 0.4) is 0 Å². The SMILES string of the molecule is C=CCN(CC=C)C(=O)N(C)C1(CC(=O)O)CCCCC1. The molecule has 0 bridgehead atoms. The normalized spacial score (nSPS) is 16.8. The molecule has 1 N–H and O–H groups in total. The van der Waals surface area contributed by atoms with Crippen LogP contribution in [0, 0.1) is 0 Å². The second-order valence-corrected chi connectivity index (χ2v) is 5.68. The molecule has 1 aliphatic rings. The maximum absolute atomic E-state index is 12.7. The fourth-order valence-corrected chi connectivity index (χ4v) is 3.08. The van der Waals surface area contributed by atoms with Crippen LogP contribution in [0.5, 0.6) is 0 Å². The van der Waals surface area contributed by atoms with Crippen LogP contribution in [0.4, 0.5) is 4.79 Å². The Balaban J connectivity index is 2.94. The molecule has 5 nitrogen and oxygen atoms in total. The maximum Gasteiger partial charge on any atom is 0.320 e. The molecule has 0 aromatic heterocycles. The van der Waals surface area contributed by atoms with Crippen LogP contribution in [0.2, 0.25) is 0 Å². The summed E-state index contributed by atoms with van der Waals surface area (Å²) in [5.74, 6) is -0.851. The molecule has 0 radical (unpaired) electrons. The van der Waals surface area contributed by atoms with E-state index in [4.69, 9.17) is 0 Å². The molecule has 0 atom stereocenters. The van der Waals surface area contributed by atoms with E-state index in [0.29, 0.717) is 13.1 Å². The molecular formula is C16H26N2O3. The van der Waals surface area contributed by atoms with Gasteiger partial charge >= 0.3 is 12.0 Å². The zero-order valence-electron chi connectivity index (χ0n) is 12.9. The Labute approximate surface area is 126 Å². The Morgan fingerprint density at radius 2 is 1.67 bits per heavy atom. The molecule has 0 unspecified atom stereocenters. The molecule has 0 heterocycles. The van der Waals surface area contributed by atoms with Gasteiger partial charge in [0.2, 0.25) is 0 Å². The Hall–Kier alpha value is -1.78. The van der Waals surface area contributed by atoms with Crippen LogP contribution in [-0.2, 0) is 4.79 Å². The van der Waals surface area contributed by atoms with Gasteiger partial charge in [0.15, 0.2) is 0 Å². The number of rotatable bonds is 7. The summed E-state index contributed by atoms with van der Waals surface area (Å²) < 4.78 is 0. The number of carboxylic acids is 1. The maximum atomic E-state index is 12.7. The van der Waals surface area contributed by atoms with Crippen molar-refractivity contribution in [1.82, 2.24) is 9.80 Å². The number of urea groups is 1. The summed E-state index contributed by atoms with van der Waals surface area (Å²) in [6, 6.07) is -0.155. The van der Waals surface area contributed by atoms with Gasteiger partial charge in [-0.2, -0.15) is 0 Å². The van der Waals surface area contributed by atoms with E-state index in [1.807, 2.05) is 0 Å². The van der Waals surface area contributed by atoms with Crippen molar-refractivity contribution in [2.24, 2.45) is 0 Å². The zero-order valence-corrected chi connectivity index (χ0v) is 12.9. The molecule has 5 heteroatoms. The summed E-state index contributed by atoms with van der Waals surface area (Å²) in [5.41, 5.74) is -0.568. The molecule has 2 amide bonds. The van der Waals surface area contributed by atoms with Gasteiger partial charge in [-0.1, -0.05) is 31.4 Å². The second kappa shape index (κ2) is 7.86. The van der Waals surface area contributed by atoms with Gasteiger partial charge < -0.3 is 14.9 Å². The minimum Gasteiger partial charge on any atom is -0.481 e. The molecule has 0 saturated heterocycles. The molecule has 1 fully saturated rings. The predicted octanol–water partition coefficient (Wildman–Crippen LogP) is 2.89. The number of amides is 2. The molecule has 1 rings (SSSR count). The highest BCUT2D eigenvalue weighted by Gasteiger charge is 2.41. The van der Waals surface area contributed by atoms with Gasteiger partial charge in [0.1, 0.15) is 0 Å². The standard InChI is InChI=1S/C16H26N2O3/c1-4-11-18(12-5-2)15(21)17(3)16(13-14(19)20)9-7-6-8-10-16/h4-5H,1-2,6-13H2,3H3,(H,19,20). The fourth-order valence-electron chi connectivity index (χ4n) is 3.08. The van der Waals surface area contributed by atoms with Crippen LogP contribution in [-0.4, -0.2) is 52.6 Å². The first kappa shape index (κ1) is 17.3. The van der Waals surface area contributed by atoms with Gasteiger partial charge in [-0.3, -0.25) is 4.79 Å². The van der Waals surface area contributed by atoms with Gasteiger partial charge in [-0.05, 0) is 12.8 Å². The van der Waals surface area contributed by atoms with Crippen molar-refractivity contribution in [3.8, 4) is 0 Å². The molecule has 0 aromatic rings. The van der Waals surface area contributed by atoms with Gasteiger partial charge in [0.25, 0.3) is 0 Å². The van der Waals surface area contributed by atoms with Crippen molar-refractivity contribution >= 4 is 12.0 Å². The predicted molar refractivity (Wildman–Crippen MR) is 83.2 cm³/mol. The van der Waals surface area contributed by atoms with Crippen molar-refractivity contribution in [1.29, 1.82) is 0 Å². The van der Waals surface area contributed by atoms with E-state index in [1.54, 1.807) is 29.0 Å². The number of carbonyl (C=O) groups excluding carboxylic acids is 1. The van der Waals surface area contributed by atoms with E-state index in [1.165, 1.54) is 0 Å². The molecule has 0 aliphatic heterocycles. The topological polar surface area (TPSA) is 60.9 Å². The highest BCUT2D eigenvalue weighted by atomic mass is 16.4. The van der Waals surface area contributed by atoms with Crippen molar-refractivity contribution in [3.05, 3.63) is 25.3 Å². The van der Waals surface area contributed by atoms with Gasteiger partial charge in [0, 0.05) is 20.1 Å². The van der Waals surface area contributed by atoms with E-state index in [0.717, 1.165) is 32.1 Å². The first-order valence-electron chi connectivity index (χ1n) is 7.43. The van der Waals surface area contributed by atoms with E-state index in [2.05, 4.69) is 13.2 Å². The average molecular weight is 294 g/mol. The lowest BCUT2D eigenvalue weighted by atomic mass is 9.78. The van der Waals surface area contributed by atoms with Crippen molar-refractivity contribution in [2.75, 3.05) is 20.1 Å². The van der Waals surface area contributed by atoms with E-state index >= 15 is 0 Å². The molecule has 21 heavy (non-hydrogen) atoms. The van der Waals surface area contributed by atoms with Crippen LogP contribution in [0.25, 0.3) is 0 Å². The number of hydrogen-bond donors (Lipinski definition) is 1. The Bertz CT molecular complexity index is 390. The molecule has 1 aliphatic carbocycles. The van der Waals surface area contributed by atoms with Crippen LogP contribution in [0.1, 0.15) is 38.5 Å². The summed E-state index contributed by atoms with van der Waals surface area (Å²) >= 11 is 0. The van der Waals surface area contributed by atoms with Gasteiger partial charge in [0.05, 0.1) is 12.0 Å². The Morgan fingerprint density at radius 1 is 1.14 bits per heavy atom. The Kier molecular flexibility index (Phi) is 6.46. The number of hydrogen-bond acceptors (Lipinski definition) is 2. The van der Waals surface area contributed by atoms with E-state index < -0.39 is 11.5 Å². The molecule has 1 saturated carbocycles. The first-order chi connectivity index (χ1) is 9.96. The molecule has 0 spiro atoms. The van der Waals surface area contributed by atoms with Crippen LogP contribution >= 0.6 is 0 Å². The highest BCUT2D eigenvalue weighted by molar-refractivity contribution is 5.77. The summed E-state index contributed by atoms with van der Waals surface area (Å²) in [5, 5.41) is 9.22. The summed E-state index contributed by atoms with van der Waals surface area (Å²) in [4.78, 5) is 27.2. The summed E-state index contributed by atoms with van der Waals surface area (Å²) in [6.45, 7) is 8.18. The van der Waals surface area contributed by atoms with Crippen molar-refractivity contribution in [3.63, 3.8) is 0 Å². The highest BCUT2D eigenvalue weighted by Crippen LogP contribution is 2.36. The lowest BCUT2D eigenvalue weighted by Gasteiger charge is -2.45. The number of nitrogens with zero attached hydrogens (tertiary/aromatic N) is 2. The number of carbonyl (C=O) groups is 2. The first-order valence-corrected chi connectivity index (χ1v) is 7.43. The molecule has 118 valence electrons. The fraction of sp³-hybridized carbons (Fsp3) is 0.625. The molecular weight excluding hydrogens is 268 g/mol. The minimum atomic E-state index is -0.851. The monoisotopic (exact) mass is 294 g/mol. The van der Waals surface area contributed by atoms with E-state index in [-0.39, 0.29) is 12.5 Å². The largest absolute Gasteiger partial charge is 0.481 e. The minimum absolute atomic E-state index is 0.00522. The number of aliphatic carboxylic acids is 1. The lowest BCUT2D eigenvalue weighted by Crippen LogP contribution is -2.56. The lowest BCUT2D eigenvalue weighted by molar-refractivity contribution is -0.140. The quantitative estimate of drug-likeness (QED) is 0.734. The summed E-state index contributed by atoms with van der Waals surface area (Å²) in [6.07, 6.45) is 7.87. The van der Waals surface area contributed by atoms with Crippen LogP contribution < -0.4 is 0 Å². The Morgan fingerprint density at radius 3 is 2.10 bits per heavy atom. The number of carboxylic acid groups (broad SMARTS) is 1. The average Bonchev–Trinajstić information content (AvgIpc) is 2.45. The third kappa shape index (κ3) is 4.34. The zero-order chi connectivity index (χ0) is 15.9. The third-order valence-electron chi connectivity index (χ3n) is 4.23. The smallest absolute Gasteiger partial charge is 0.320 e. The van der Waals surface area contributed by atoms with Crippen molar-refractivity contribution in [2.45, 2.75) is 44.1 Å². The van der Waals surface area contributed by atoms with Gasteiger partial charge in [-0.25, -0.2) is 4.79 Å². The third-order valence-corrected chi connectivity index (χ3v) is 4.23. The summed E-state index contributed by atoms with van der Waals surface area (Å²) in [7, 11) is 1.72. The van der Waals surface area contributed by atoms with Gasteiger partial charge in [-0.15, -0.1) is 13.2 Å². The van der Waals surface area contributed by atoms with Crippen LogP contribution in [0.15, 0.2) is 25.3 Å². The molecule has 0 aromatic carbocycles.